The molecule has 0 saturated heterocycles. The molecule has 0 unspecified atom stereocenters. The summed E-state index contributed by atoms with van der Waals surface area (Å²) in [7, 11) is 1.65. The number of anilines is 1. The maximum atomic E-state index is 12.4. The number of nitrogens with zero attached hydrogens (tertiary/aromatic N) is 3. The van der Waals surface area contributed by atoms with Gasteiger partial charge in [0.2, 0.25) is 0 Å². The van der Waals surface area contributed by atoms with Crippen LogP contribution in [-0.2, 0) is 9.53 Å². The van der Waals surface area contributed by atoms with Gasteiger partial charge in [-0.2, -0.15) is 0 Å². The zero-order valence-electron chi connectivity index (χ0n) is 13.4. The number of carbonyl (C=O) groups is 2. The maximum Gasteiger partial charge on any atom is 0.359 e. The van der Waals surface area contributed by atoms with Crippen LogP contribution in [0.5, 0.6) is 0 Å². The lowest BCUT2D eigenvalue weighted by Gasteiger charge is -2.21. The van der Waals surface area contributed by atoms with E-state index >= 15 is 0 Å². The molecule has 24 heavy (non-hydrogen) atoms. The number of fused-ring (bicyclic) bond motifs is 1. The Hall–Kier alpha value is -3.15. The Kier molecular flexibility index (Phi) is 4.29. The predicted molar refractivity (Wildman–Crippen MR) is 89.9 cm³/mol. The highest BCUT2D eigenvalue weighted by atomic mass is 16.5. The average molecular weight is 323 g/mol. The normalized spacial score (nSPS) is 11.9. The molecule has 3 rings (SSSR count). The second kappa shape index (κ2) is 6.54. The largest absolute Gasteiger partial charge is 0.448 e. The third-order valence-corrected chi connectivity index (χ3v) is 3.68. The van der Waals surface area contributed by atoms with Crippen molar-refractivity contribution in [3.8, 4) is 0 Å². The standard InChI is InChI=1S/C18H17N3O3/c1-13(17(22)20(2)14-8-4-3-5-9-14)24-18(23)15-12-21-11-7-6-10-16(21)19-15/h3-13H,1-2H3/t13-/m0/s1. The Bertz CT molecular complexity index is 840. The summed E-state index contributed by atoms with van der Waals surface area (Å²) in [5.41, 5.74) is 1.55. The van der Waals surface area contributed by atoms with Crippen LogP contribution in [0.4, 0.5) is 5.69 Å². The summed E-state index contributed by atoms with van der Waals surface area (Å²) in [6.45, 7) is 1.55. The number of rotatable bonds is 4. The van der Waals surface area contributed by atoms with E-state index < -0.39 is 12.1 Å². The van der Waals surface area contributed by atoms with Crippen LogP contribution in [0.2, 0.25) is 0 Å². The van der Waals surface area contributed by atoms with E-state index in [1.54, 1.807) is 36.8 Å². The van der Waals surface area contributed by atoms with Gasteiger partial charge in [0.25, 0.3) is 5.91 Å². The van der Waals surface area contributed by atoms with Gasteiger partial charge in [-0.1, -0.05) is 24.3 Å². The van der Waals surface area contributed by atoms with Crippen molar-refractivity contribution < 1.29 is 14.3 Å². The highest BCUT2D eigenvalue weighted by Crippen LogP contribution is 2.14. The molecule has 0 radical (unpaired) electrons. The quantitative estimate of drug-likeness (QED) is 0.692. The van der Waals surface area contributed by atoms with Crippen molar-refractivity contribution in [3.63, 3.8) is 0 Å². The number of pyridine rings is 1. The summed E-state index contributed by atoms with van der Waals surface area (Å²) in [5.74, 6) is -0.931. The van der Waals surface area contributed by atoms with Crippen molar-refractivity contribution in [1.82, 2.24) is 9.38 Å². The summed E-state index contributed by atoms with van der Waals surface area (Å²) in [6, 6.07) is 14.6. The van der Waals surface area contributed by atoms with E-state index in [9.17, 15) is 9.59 Å². The molecule has 6 nitrogen and oxygen atoms in total. The first-order valence-electron chi connectivity index (χ1n) is 7.53. The SMILES string of the molecule is C[C@H](OC(=O)c1cn2ccccc2n1)C(=O)N(C)c1ccccc1. The average Bonchev–Trinajstić information content (AvgIpc) is 3.05. The minimum absolute atomic E-state index is 0.170. The number of imidazole rings is 1. The number of benzene rings is 1. The fourth-order valence-corrected chi connectivity index (χ4v) is 2.36. The van der Waals surface area contributed by atoms with E-state index in [0.717, 1.165) is 5.69 Å². The number of likely N-dealkylation sites (N-methyl/N-ethyl adjacent to an activating group) is 1. The van der Waals surface area contributed by atoms with Gasteiger partial charge < -0.3 is 14.0 Å². The van der Waals surface area contributed by atoms with Crippen molar-refractivity contribution in [2.75, 3.05) is 11.9 Å². The van der Waals surface area contributed by atoms with Crippen LogP contribution in [0.15, 0.2) is 60.9 Å². The molecule has 3 aromatic rings. The fraction of sp³-hybridized carbons (Fsp3) is 0.167. The molecule has 0 N–H and O–H groups in total. The first kappa shape index (κ1) is 15.7. The molecule has 0 aliphatic rings. The number of ether oxygens (including phenoxy) is 1. The Morgan fingerprint density at radius 1 is 1.12 bits per heavy atom. The van der Waals surface area contributed by atoms with Gasteiger partial charge in [0.1, 0.15) is 5.65 Å². The zero-order valence-corrected chi connectivity index (χ0v) is 13.4. The molecule has 1 atom stereocenters. The number of hydrogen-bond acceptors (Lipinski definition) is 4. The first-order valence-corrected chi connectivity index (χ1v) is 7.53. The van der Waals surface area contributed by atoms with Gasteiger partial charge in [0.05, 0.1) is 0 Å². The second-order valence-electron chi connectivity index (χ2n) is 5.37. The third-order valence-electron chi connectivity index (χ3n) is 3.68. The van der Waals surface area contributed by atoms with E-state index in [-0.39, 0.29) is 11.6 Å². The van der Waals surface area contributed by atoms with Crippen molar-refractivity contribution in [1.29, 1.82) is 0 Å². The van der Waals surface area contributed by atoms with Crippen molar-refractivity contribution in [2.45, 2.75) is 13.0 Å². The van der Waals surface area contributed by atoms with E-state index in [2.05, 4.69) is 4.98 Å². The van der Waals surface area contributed by atoms with Crippen molar-refractivity contribution in [2.24, 2.45) is 0 Å². The molecule has 2 heterocycles. The lowest BCUT2D eigenvalue weighted by molar-refractivity contribution is -0.126. The first-order chi connectivity index (χ1) is 11.6. The number of amides is 1. The molecule has 0 aliphatic heterocycles. The summed E-state index contributed by atoms with van der Waals surface area (Å²) in [6.07, 6.45) is 2.46. The van der Waals surface area contributed by atoms with Gasteiger partial charge in [-0.05, 0) is 31.2 Å². The summed E-state index contributed by atoms with van der Waals surface area (Å²) in [5, 5.41) is 0. The molecule has 0 saturated carbocycles. The molecule has 1 amide bonds. The van der Waals surface area contributed by atoms with Crippen LogP contribution in [0.25, 0.3) is 5.65 Å². The fourth-order valence-electron chi connectivity index (χ4n) is 2.36. The number of esters is 1. The van der Waals surface area contributed by atoms with E-state index in [0.29, 0.717) is 5.65 Å². The van der Waals surface area contributed by atoms with Crippen LogP contribution >= 0.6 is 0 Å². The van der Waals surface area contributed by atoms with Crippen LogP contribution in [0, 0.1) is 0 Å². The van der Waals surface area contributed by atoms with Gasteiger partial charge in [-0.15, -0.1) is 0 Å². The summed E-state index contributed by atoms with van der Waals surface area (Å²) >= 11 is 0. The minimum Gasteiger partial charge on any atom is -0.448 e. The minimum atomic E-state index is -0.910. The lowest BCUT2D eigenvalue weighted by atomic mass is 10.2. The highest BCUT2D eigenvalue weighted by Gasteiger charge is 2.24. The second-order valence-corrected chi connectivity index (χ2v) is 5.37. The van der Waals surface area contributed by atoms with E-state index in [1.165, 1.54) is 4.90 Å². The van der Waals surface area contributed by atoms with Gasteiger partial charge in [0.15, 0.2) is 11.8 Å². The molecule has 6 heteroatoms. The van der Waals surface area contributed by atoms with Crippen LogP contribution in [-0.4, -0.2) is 34.4 Å². The Balaban J connectivity index is 1.70. The third kappa shape index (κ3) is 3.12. The summed E-state index contributed by atoms with van der Waals surface area (Å²) < 4.78 is 6.99. The maximum absolute atomic E-state index is 12.4. The Morgan fingerprint density at radius 2 is 1.83 bits per heavy atom. The Morgan fingerprint density at radius 3 is 2.54 bits per heavy atom. The molecule has 2 aromatic heterocycles. The summed E-state index contributed by atoms with van der Waals surface area (Å²) in [4.78, 5) is 30.3. The van der Waals surface area contributed by atoms with Crippen LogP contribution in [0.1, 0.15) is 17.4 Å². The molecule has 0 spiro atoms. The van der Waals surface area contributed by atoms with Gasteiger partial charge in [-0.25, -0.2) is 9.78 Å². The molecule has 0 fully saturated rings. The number of aromatic nitrogens is 2. The van der Waals surface area contributed by atoms with E-state index in [1.807, 2.05) is 42.5 Å². The number of para-hydroxylation sites is 1. The predicted octanol–water partition coefficient (Wildman–Crippen LogP) is 2.54. The van der Waals surface area contributed by atoms with Gasteiger partial charge >= 0.3 is 5.97 Å². The highest BCUT2D eigenvalue weighted by molar-refractivity contribution is 5.98. The smallest absolute Gasteiger partial charge is 0.359 e. The zero-order chi connectivity index (χ0) is 17.1. The number of carbonyl (C=O) groups excluding carboxylic acids is 2. The Labute approximate surface area is 139 Å². The van der Waals surface area contributed by atoms with Crippen LogP contribution < -0.4 is 4.90 Å². The number of hydrogen-bond donors (Lipinski definition) is 0. The topological polar surface area (TPSA) is 63.9 Å². The van der Waals surface area contributed by atoms with Gasteiger partial charge in [0, 0.05) is 25.1 Å². The van der Waals surface area contributed by atoms with Crippen LogP contribution in [0.3, 0.4) is 0 Å². The molecular formula is C18H17N3O3. The van der Waals surface area contributed by atoms with Crippen molar-refractivity contribution in [3.05, 3.63) is 66.6 Å². The molecule has 1 aromatic carbocycles. The molecule has 122 valence electrons. The molecular weight excluding hydrogens is 306 g/mol. The van der Waals surface area contributed by atoms with Crippen molar-refractivity contribution >= 4 is 23.2 Å². The lowest BCUT2D eigenvalue weighted by Crippen LogP contribution is -2.37. The van der Waals surface area contributed by atoms with E-state index in [4.69, 9.17) is 4.74 Å². The molecule has 0 aliphatic carbocycles. The molecule has 0 bridgehead atoms. The monoisotopic (exact) mass is 323 g/mol. The van der Waals surface area contributed by atoms with Gasteiger partial charge in [-0.3, -0.25) is 4.79 Å².